The fourth-order valence-electron chi connectivity index (χ4n) is 1.96. The van der Waals surface area contributed by atoms with Crippen LogP contribution in [0.4, 0.5) is 0 Å². The number of methoxy groups -OCH3 is 1. The molecule has 1 aliphatic rings. The third kappa shape index (κ3) is 4.93. The van der Waals surface area contributed by atoms with Crippen molar-refractivity contribution in [1.82, 2.24) is 10.2 Å². The van der Waals surface area contributed by atoms with Gasteiger partial charge in [-0.1, -0.05) is 6.07 Å². The molecule has 116 valence electrons. The molecule has 0 spiro atoms. The van der Waals surface area contributed by atoms with Gasteiger partial charge in [0.05, 0.1) is 20.1 Å². The monoisotopic (exact) mass is 292 g/mol. The van der Waals surface area contributed by atoms with E-state index in [1.54, 1.807) is 26.1 Å². The summed E-state index contributed by atoms with van der Waals surface area (Å²) in [6, 6.07) is 6.60. The minimum Gasteiger partial charge on any atom is -0.493 e. The van der Waals surface area contributed by atoms with Gasteiger partial charge >= 0.3 is 0 Å². The van der Waals surface area contributed by atoms with Gasteiger partial charge in [0.15, 0.2) is 11.5 Å². The third-order valence-electron chi connectivity index (χ3n) is 3.47. The van der Waals surface area contributed by atoms with Crippen molar-refractivity contribution in [3.63, 3.8) is 0 Å². The molecule has 0 radical (unpaired) electrons. The molecule has 1 N–H and O–H groups in total. The first-order valence-corrected chi connectivity index (χ1v) is 7.33. The predicted molar refractivity (Wildman–Crippen MR) is 81.7 cm³/mol. The van der Waals surface area contributed by atoms with Crippen LogP contribution < -0.4 is 14.8 Å². The number of hydrogen-bond donors (Lipinski definition) is 1. The van der Waals surface area contributed by atoms with Crippen LogP contribution in [-0.2, 0) is 11.3 Å². The summed E-state index contributed by atoms with van der Waals surface area (Å²) in [5.41, 5.74) is 1.18. The maximum Gasteiger partial charge on any atom is 0.225 e. The van der Waals surface area contributed by atoms with Crippen LogP contribution >= 0.6 is 0 Å². The Morgan fingerprint density at radius 1 is 1.33 bits per heavy atom. The number of nitrogens with one attached hydrogen (secondary N) is 1. The van der Waals surface area contributed by atoms with Gasteiger partial charge in [-0.25, -0.2) is 0 Å². The van der Waals surface area contributed by atoms with Gasteiger partial charge in [-0.15, -0.1) is 0 Å². The highest BCUT2D eigenvalue weighted by molar-refractivity contribution is 5.75. The molecule has 21 heavy (non-hydrogen) atoms. The molecule has 1 aromatic rings. The van der Waals surface area contributed by atoms with Crippen molar-refractivity contribution in [3.05, 3.63) is 23.8 Å². The summed E-state index contributed by atoms with van der Waals surface area (Å²) in [5.74, 6) is 1.45. The smallest absolute Gasteiger partial charge is 0.225 e. The maximum absolute atomic E-state index is 11.5. The number of ether oxygens (including phenoxy) is 2. The second-order valence-corrected chi connectivity index (χ2v) is 5.53. The number of hydrogen-bond acceptors (Lipinski definition) is 4. The highest BCUT2D eigenvalue weighted by Gasteiger charge is 2.20. The van der Waals surface area contributed by atoms with Crippen LogP contribution in [0.15, 0.2) is 18.2 Å². The molecule has 0 aromatic heterocycles. The number of carbonyl (C=O) groups is 1. The van der Waals surface area contributed by atoms with Gasteiger partial charge in [-0.05, 0) is 30.5 Å². The lowest BCUT2D eigenvalue weighted by atomic mass is 10.2. The zero-order valence-corrected chi connectivity index (χ0v) is 13.0. The molecule has 1 aliphatic carbocycles. The molecular formula is C16H24N2O3. The summed E-state index contributed by atoms with van der Waals surface area (Å²) < 4.78 is 11.0. The van der Waals surface area contributed by atoms with Gasteiger partial charge in [0.2, 0.25) is 5.91 Å². The van der Waals surface area contributed by atoms with Crippen LogP contribution in [0.25, 0.3) is 0 Å². The zero-order chi connectivity index (χ0) is 15.2. The lowest BCUT2D eigenvalue weighted by Crippen LogP contribution is -2.23. The molecule has 0 aliphatic heterocycles. The van der Waals surface area contributed by atoms with E-state index in [0.29, 0.717) is 30.6 Å². The Morgan fingerprint density at radius 3 is 2.71 bits per heavy atom. The topological polar surface area (TPSA) is 50.8 Å². The molecule has 0 unspecified atom stereocenters. The standard InChI is InChI=1S/C16H24N2O3/c1-18(2)16(19)8-9-21-14-7-4-12(10-15(14)20-3)11-17-13-5-6-13/h4,7,10,13,17H,5-6,8-9,11H2,1-3H3. The maximum atomic E-state index is 11.5. The van der Waals surface area contributed by atoms with Crippen LogP contribution in [0.3, 0.4) is 0 Å². The summed E-state index contributed by atoms with van der Waals surface area (Å²) >= 11 is 0. The number of rotatable bonds is 8. The van der Waals surface area contributed by atoms with E-state index in [9.17, 15) is 4.79 Å². The highest BCUT2D eigenvalue weighted by Crippen LogP contribution is 2.28. The molecule has 1 amide bonds. The van der Waals surface area contributed by atoms with Crippen molar-refractivity contribution in [2.24, 2.45) is 0 Å². The second-order valence-electron chi connectivity index (χ2n) is 5.53. The Bertz CT molecular complexity index is 484. The molecule has 2 rings (SSSR count). The summed E-state index contributed by atoms with van der Waals surface area (Å²) in [6.45, 7) is 1.20. The van der Waals surface area contributed by atoms with Crippen molar-refractivity contribution < 1.29 is 14.3 Å². The van der Waals surface area contributed by atoms with Gasteiger partial charge in [-0.2, -0.15) is 0 Å². The molecule has 0 heterocycles. The number of amides is 1. The Labute approximate surface area is 126 Å². The minimum atomic E-state index is 0.0548. The van der Waals surface area contributed by atoms with Crippen molar-refractivity contribution >= 4 is 5.91 Å². The Kier molecular flexibility index (Phi) is 5.44. The Hall–Kier alpha value is -1.75. The normalized spacial score (nSPS) is 13.9. The fraction of sp³-hybridized carbons (Fsp3) is 0.562. The lowest BCUT2D eigenvalue weighted by Gasteiger charge is -2.14. The first kappa shape index (κ1) is 15.6. The second kappa shape index (κ2) is 7.31. The van der Waals surface area contributed by atoms with Crippen LogP contribution in [0, 0.1) is 0 Å². The van der Waals surface area contributed by atoms with Crippen molar-refractivity contribution in [1.29, 1.82) is 0 Å². The van der Waals surface area contributed by atoms with E-state index < -0.39 is 0 Å². The van der Waals surface area contributed by atoms with E-state index in [-0.39, 0.29) is 5.91 Å². The average molecular weight is 292 g/mol. The van der Waals surface area contributed by atoms with E-state index in [4.69, 9.17) is 9.47 Å². The number of carbonyl (C=O) groups excluding carboxylic acids is 1. The van der Waals surface area contributed by atoms with E-state index in [0.717, 1.165) is 6.54 Å². The minimum absolute atomic E-state index is 0.0548. The highest BCUT2D eigenvalue weighted by atomic mass is 16.5. The number of benzene rings is 1. The molecule has 5 nitrogen and oxygen atoms in total. The average Bonchev–Trinajstić information content (AvgIpc) is 3.29. The van der Waals surface area contributed by atoms with Crippen LogP contribution in [0.5, 0.6) is 11.5 Å². The van der Waals surface area contributed by atoms with Gasteiger partial charge in [-0.3, -0.25) is 4.79 Å². The molecular weight excluding hydrogens is 268 g/mol. The molecule has 0 atom stereocenters. The molecule has 1 aromatic carbocycles. The summed E-state index contributed by atoms with van der Waals surface area (Å²) in [6.07, 6.45) is 2.91. The van der Waals surface area contributed by atoms with Crippen molar-refractivity contribution in [2.75, 3.05) is 27.8 Å². The SMILES string of the molecule is COc1cc(CNC2CC2)ccc1OCCC(=O)N(C)C. The first-order chi connectivity index (χ1) is 10.1. The van der Waals surface area contributed by atoms with Gasteiger partial charge in [0.1, 0.15) is 0 Å². The Balaban J connectivity index is 1.87. The number of nitrogens with zero attached hydrogens (tertiary/aromatic N) is 1. The van der Waals surface area contributed by atoms with E-state index in [1.165, 1.54) is 18.4 Å². The zero-order valence-electron chi connectivity index (χ0n) is 13.0. The van der Waals surface area contributed by atoms with Crippen molar-refractivity contribution in [3.8, 4) is 11.5 Å². The Morgan fingerprint density at radius 2 is 2.10 bits per heavy atom. The quantitative estimate of drug-likeness (QED) is 0.794. The first-order valence-electron chi connectivity index (χ1n) is 7.33. The molecule has 1 saturated carbocycles. The lowest BCUT2D eigenvalue weighted by molar-refractivity contribution is -0.129. The molecule has 0 saturated heterocycles. The van der Waals surface area contributed by atoms with Gasteiger partial charge < -0.3 is 19.7 Å². The van der Waals surface area contributed by atoms with E-state index >= 15 is 0 Å². The van der Waals surface area contributed by atoms with Crippen molar-refractivity contribution in [2.45, 2.75) is 31.8 Å². The molecule has 1 fully saturated rings. The summed E-state index contributed by atoms with van der Waals surface area (Å²) in [5, 5.41) is 3.47. The molecule has 0 bridgehead atoms. The summed E-state index contributed by atoms with van der Waals surface area (Å²) in [4.78, 5) is 13.1. The third-order valence-corrected chi connectivity index (χ3v) is 3.47. The summed E-state index contributed by atoms with van der Waals surface area (Å²) in [7, 11) is 5.11. The van der Waals surface area contributed by atoms with Crippen LogP contribution in [0.1, 0.15) is 24.8 Å². The largest absolute Gasteiger partial charge is 0.493 e. The predicted octanol–water partition coefficient (Wildman–Crippen LogP) is 1.80. The fourth-order valence-corrected chi connectivity index (χ4v) is 1.96. The molecule has 5 heteroatoms. The van der Waals surface area contributed by atoms with E-state index in [2.05, 4.69) is 5.32 Å². The van der Waals surface area contributed by atoms with Gasteiger partial charge in [0.25, 0.3) is 0 Å². The van der Waals surface area contributed by atoms with Gasteiger partial charge in [0, 0.05) is 26.7 Å². The van der Waals surface area contributed by atoms with Crippen LogP contribution in [0.2, 0.25) is 0 Å². The van der Waals surface area contributed by atoms with Crippen LogP contribution in [-0.4, -0.2) is 44.7 Å². The van der Waals surface area contributed by atoms with E-state index in [1.807, 2.05) is 18.2 Å².